The van der Waals surface area contributed by atoms with E-state index in [4.69, 9.17) is 5.11 Å². The number of aliphatic carboxylic acids is 1. The van der Waals surface area contributed by atoms with E-state index in [0.29, 0.717) is 6.42 Å². The lowest BCUT2D eigenvalue weighted by Crippen LogP contribution is -2.00. The first-order valence-corrected chi connectivity index (χ1v) is 4.08. The van der Waals surface area contributed by atoms with E-state index >= 15 is 0 Å². The fraction of sp³-hybridized carbons (Fsp3) is 0.333. The van der Waals surface area contributed by atoms with E-state index in [1.54, 1.807) is 7.05 Å². The van der Waals surface area contributed by atoms with Crippen molar-refractivity contribution in [2.75, 3.05) is 12.4 Å². The molecule has 0 bridgehead atoms. The molecule has 0 spiro atoms. The molecule has 0 aromatic carbocycles. The van der Waals surface area contributed by atoms with Gasteiger partial charge in [-0.05, 0) is 12.1 Å². The Balaban J connectivity index is 2.61. The third kappa shape index (κ3) is 3.11. The highest BCUT2D eigenvalue weighted by atomic mass is 16.4. The van der Waals surface area contributed by atoms with E-state index in [-0.39, 0.29) is 6.42 Å². The molecular formula is C9H12N2O2. The number of nitrogens with one attached hydrogen (secondary N) is 1. The van der Waals surface area contributed by atoms with Crippen LogP contribution in [-0.2, 0) is 11.2 Å². The van der Waals surface area contributed by atoms with Crippen molar-refractivity contribution in [3.05, 3.63) is 23.9 Å². The predicted molar refractivity (Wildman–Crippen MR) is 49.7 cm³/mol. The molecule has 0 unspecified atom stereocenters. The van der Waals surface area contributed by atoms with Crippen LogP contribution in [0.2, 0.25) is 0 Å². The van der Waals surface area contributed by atoms with Gasteiger partial charge in [-0.15, -0.1) is 0 Å². The van der Waals surface area contributed by atoms with Gasteiger partial charge in [0.25, 0.3) is 0 Å². The van der Waals surface area contributed by atoms with Crippen molar-refractivity contribution in [3.8, 4) is 0 Å². The van der Waals surface area contributed by atoms with Crippen molar-refractivity contribution in [1.82, 2.24) is 4.98 Å². The Labute approximate surface area is 76.6 Å². The molecule has 0 saturated heterocycles. The predicted octanol–water partition coefficient (Wildman–Crippen LogP) is 1.14. The lowest BCUT2D eigenvalue weighted by molar-refractivity contribution is -0.136. The molecule has 4 nitrogen and oxygen atoms in total. The minimum absolute atomic E-state index is 0.125. The van der Waals surface area contributed by atoms with Gasteiger partial charge >= 0.3 is 5.97 Å². The van der Waals surface area contributed by atoms with Gasteiger partial charge in [-0.25, -0.2) is 4.98 Å². The van der Waals surface area contributed by atoms with Crippen molar-refractivity contribution < 1.29 is 9.90 Å². The molecular weight excluding hydrogens is 168 g/mol. The minimum atomic E-state index is -0.795. The van der Waals surface area contributed by atoms with Crippen LogP contribution in [0.1, 0.15) is 12.1 Å². The van der Waals surface area contributed by atoms with Crippen molar-refractivity contribution in [1.29, 1.82) is 0 Å². The van der Waals surface area contributed by atoms with E-state index in [1.165, 1.54) is 0 Å². The minimum Gasteiger partial charge on any atom is -0.481 e. The standard InChI is InChI=1S/C9H12N2O2/c1-10-8-4-2-3-7(11-8)5-6-9(12)13/h2-4H,5-6H2,1H3,(H,10,11)(H,12,13). The van der Waals surface area contributed by atoms with Crippen molar-refractivity contribution in [2.24, 2.45) is 0 Å². The quantitative estimate of drug-likeness (QED) is 0.729. The summed E-state index contributed by atoms with van der Waals surface area (Å²) in [5, 5.41) is 11.4. The molecule has 0 radical (unpaired) electrons. The molecule has 0 atom stereocenters. The smallest absolute Gasteiger partial charge is 0.303 e. The number of aromatic nitrogens is 1. The molecule has 0 fully saturated rings. The second-order valence-electron chi connectivity index (χ2n) is 2.66. The second kappa shape index (κ2) is 4.45. The average Bonchev–Trinajstić information content (AvgIpc) is 2.15. The molecule has 0 aliphatic rings. The normalized spacial score (nSPS) is 9.62. The average molecular weight is 180 g/mol. The van der Waals surface area contributed by atoms with E-state index in [1.807, 2.05) is 18.2 Å². The first-order valence-electron chi connectivity index (χ1n) is 4.08. The topological polar surface area (TPSA) is 62.2 Å². The Morgan fingerprint density at radius 1 is 1.62 bits per heavy atom. The SMILES string of the molecule is CNc1cccc(CCC(=O)O)n1. The molecule has 70 valence electrons. The van der Waals surface area contributed by atoms with Gasteiger partial charge in [-0.3, -0.25) is 4.79 Å². The number of nitrogens with zero attached hydrogens (tertiary/aromatic N) is 1. The first-order chi connectivity index (χ1) is 6.22. The Bertz CT molecular complexity index is 299. The number of carboxylic acids is 1. The van der Waals surface area contributed by atoms with Gasteiger partial charge in [0.1, 0.15) is 5.82 Å². The number of aryl methyl sites for hydroxylation is 1. The number of rotatable bonds is 4. The van der Waals surface area contributed by atoms with E-state index in [2.05, 4.69) is 10.3 Å². The molecule has 1 rings (SSSR count). The van der Waals surface area contributed by atoms with Crippen LogP contribution in [-0.4, -0.2) is 23.1 Å². The van der Waals surface area contributed by atoms with Gasteiger partial charge in [-0.1, -0.05) is 6.07 Å². The summed E-state index contributed by atoms with van der Waals surface area (Å²) < 4.78 is 0. The molecule has 0 saturated carbocycles. The van der Waals surface area contributed by atoms with Crippen molar-refractivity contribution >= 4 is 11.8 Å². The lowest BCUT2D eigenvalue weighted by atomic mass is 10.2. The van der Waals surface area contributed by atoms with Gasteiger partial charge in [0.15, 0.2) is 0 Å². The molecule has 13 heavy (non-hydrogen) atoms. The maximum atomic E-state index is 10.3. The molecule has 1 heterocycles. The summed E-state index contributed by atoms with van der Waals surface area (Å²) in [5.41, 5.74) is 0.800. The number of hydrogen-bond donors (Lipinski definition) is 2. The summed E-state index contributed by atoms with van der Waals surface area (Å²) in [6.07, 6.45) is 0.602. The summed E-state index contributed by atoms with van der Waals surface area (Å²) in [6, 6.07) is 5.52. The van der Waals surface area contributed by atoms with Crippen molar-refractivity contribution in [2.45, 2.75) is 12.8 Å². The van der Waals surface area contributed by atoms with Crippen LogP contribution >= 0.6 is 0 Å². The summed E-state index contributed by atoms with van der Waals surface area (Å²) in [7, 11) is 1.78. The maximum absolute atomic E-state index is 10.3. The highest BCUT2D eigenvalue weighted by Crippen LogP contribution is 2.05. The summed E-state index contributed by atoms with van der Waals surface area (Å²) >= 11 is 0. The van der Waals surface area contributed by atoms with Crippen LogP contribution < -0.4 is 5.32 Å². The number of carboxylic acid groups (broad SMARTS) is 1. The van der Waals surface area contributed by atoms with Gasteiger partial charge in [-0.2, -0.15) is 0 Å². The van der Waals surface area contributed by atoms with Crippen LogP contribution in [0, 0.1) is 0 Å². The Hall–Kier alpha value is -1.58. The second-order valence-corrected chi connectivity index (χ2v) is 2.66. The zero-order valence-corrected chi connectivity index (χ0v) is 7.45. The molecule has 0 amide bonds. The van der Waals surface area contributed by atoms with Gasteiger partial charge < -0.3 is 10.4 Å². The monoisotopic (exact) mass is 180 g/mol. The molecule has 4 heteroatoms. The van der Waals surface area contributed by atoms with Crippen LogP contribution in [0.4, 0.5) is 5.82 Å². The van der Waals surface area contributed by atoms with E-state index in [9.17, 15) is 4.79 Å². The maximum Gasteiger partial charge on any atom is 0.303 e. The molecule has 2 N–H and O–H groups in total. The number of hydrogen-bond acceptors (Lipinski definition) is 3. The summed E-state index contributed by atoms with van der Waals surface area (Å²) in [5.74, 6) is -0.0282. The molecule has 1 aromatic rings. The Morgan fingerprint density at radius 2 is 2.38 bits per heavy atom. The highest BCUT2D eigenvalue weighted by Gasteiger charge is 2.00. The van der Waals surface area contributed by atoms with Gasteiger partial charge in [0.05, 0.1) is 6.42 Å². The highest BCUT2D eigenvalue weighted by molar-refractivity contribution is 5.67. The fourth-order valence-corrected chi connectivity index (χ4v) is 0.993. The van der Waals surface area contributed by atoms with Crippen LogP contribution in [0.25, 0.3) is 0 Å². The Kier molecular flexibility index (Phi) is 3.25. The Morgan fingerprint density at radius 3 is 3.00 bits per heavy atom. The van der Waals surface area contributed by atoms with Crippen LogP contribution in [0.3, 0.4) is 0 Å². The number of anilines is 1. The third-order valence-electron chi connectivity index (χ3n) is 1.66. The van der Waals surface area contributed by atoms with Gasteiger partial charge in [0, 0.05) is 19.2 Å². The zero-order chi connectivity index (χ0) is 9.68. The molecule has 0 aliphatic heterocycles. The molecule has 1 aromatic heterocycles. The van der Waals surface area contributed by atoms with Crippen molar-refractivity contribution in [3.63, 3.8) is 0 Å². The first kappa shape index (κ1) is 9.51. The van der Waals surface area contributed by atoms with Gasteiger partial charge in [0.2, 0.25) is 0 Å². The van der Waals surface area contributed by atoms with E-state index in [0.717, 1.165) is 11.5 Å². The summed E-state index contributed by atoms with van der Waals surface area (Å²) in [4.78, 5) is 14.5. The number of pyridine rings is 1. The largest absolute Gasteiger partial charge is 0.481 e. The lowest BCUT2D eigenvalue weighted by Gasteiger charge is -2.01. The summed E-state index contributed by atoms with van der Waals surface area (Å²) in [6.45, 7) is 0. The fourth-order valence-electron chi connectivity index (χ4n) is 0.993. The van der Waals surface area contributed by atoms with E-state index < -0.39 is 5.97 Å². The van der Waals surface area contributed by atoms with Crippen LogP contribution in [0.15, 0.2) is 18.2 Å². The number of carbonyl (C=O) groups is 1. The van der Waals surface area contributed by atoms with Crippen LogP contribution in [0.5, 0.6) is 0 Å². The molecule has 0 aliphatic carbocycles. The zero-order valence-electron chi connectivity index (χ0n) is 7.45. The third-order valence-corrected chi connectivity index (χ3v) is 1.66.